The number of nitrogens with two attached hydrogens (primary N) is 1. The van der Waals surface area contributed by atoms with Gasteiger partial charge in [0.2, 0.25) is 0 Å². The molecule has 2 nitrogen and oxygen atoms in total. The molecule has 0 bridgehead atoms. The van der Waals surface area contributed by atoms with Crippen molar-refractivity contribution in [2.75, 3.05) is 14.1 Å². The van der Waals surface area contributed by atoms with Gasteiger partial charge in [-0.05, 0) is 21.0 Å². The molecule has 2 N–H and O–H groups in total. The minimum atomic E-state index is -4.16. The maximum absolute atomic E-state index is 11.8. The zero-order valence-corrected chi connectivity index (χ0v) is 7.52. The normalized spacial score (nSPS) is 18.0. The topological polar surface area (TPSA) is 29.3 Å². The first-order chi connectivity index (χ1) is 5.24. The summed E-state index contributed by atoms with van der Waals surface area (Å²) >= 11 is 0. The lowest BCUT2D eigenvalue weighted by Gasteiger charge is -2.26. The second-order valence-corrected chi connectivity index (χ2v) is 3.19. The van der Waals surface area contributed by atoms with Gasteiger partial charge in [0.05, 0.1) is 6.42 Å². The Hall–Kier alpha value is -0.290. The second kappa shape index (κ2) is 4.09. The highest BCUT2D eigenvalue weighted by Gasteiger charge is 2.32. The summed E-state index contributed by atoms with van der Waals surface area (Å²) < 4.78 is 35.5. The second-order valence-electron chi connectivity index (χ2n) is 3.19. The predicted molar refractivity (Wildman–Crippen MR) is 41.8 cm³/mol. The van der Waals surface area contributed by atoms with Gasteiger partial charge >= 0.3 is 6.18 Å². The summed E-state index contributed by atoms with van der Waals surface area (Å²) in [5, 5.41) is 0. The van der Waals surface area contributed by atoms with Gasteiger partial charge in [0.1, 0.15) is 0 Å². The molecule has 5 heteroatoms. The van der Waals surface area contributed by atoms with Gasteiger partial charge in [0.25, 0.3) is 0 Å². The molecule has 0 aromatic carbocycles. The largest absolute Gasteiger partial charge is 0.390 e. The lowest BCUT2D eigenvalue weighted by molar-refractivity contribution is -0.140. The minimum absolute atomic E-state index is 0.258. The number of hydrogen-bond acceptors (Lipinski definition) is 2. The molecule has 2 unspecified atom stereocenters. The van der Waals surface area contributed by atoms with E-state index in [-0.39, 0.29) is 6.04 Å². The molecule has 74 valence electrons. The van der Waals surface area contributed by atoms with E-state index in [9.17, 15) is 13.2 Å². The van der Waals surface area contributed by atoms with Crippen LogP contribution in [0.3, 0.4) is 0 Å². The molecule has 0 heterocycles. The van der Waals surface area contributed by atoms with Crippen LogP contribution >= 0.6 is 0 Å². The van der Waals surface area contributed by atoms with Crippen LogP contribution < -0.4 is 5.73 Å². The number of nitrogens with zero attached hydrogens (tertiary/aromatic N) is 1. The van der Waals surface area contributed by atoms with Gasteiger partial charge < -0.3 is 10.6 Å². The van der Waals surface area contributed by atoms with E-state index in [4.69, 9.17) is 5.73 Å². The summed E-state index contributed by atoms with van der Waals surface area (Å²) in [5.41, 5.74) is 5.34. The highest BCUT2D eigenvalue weighted by Crippen LogP contribution is 2.22. The Labute approximate surface area is 70.5 Å². The first-order valence-electron chi connectivity index (χ1n) is 3.73. The van der Waals surface area contributed by atoms with Gasteiger partial charge in [0.15, 0.2) is 0 Å². The highest BCUT2D eigenvalue weighted by atomic mass is 19.4. The SMILES string of the molecule is CC(C(N)CC(F)(F)F)N(C)C. The molecule has 0 spiro atoms. The standard InChI is InChI=1S/C7H15F3N2/c1-5(12(2)3)6(11)4-7(8,9)10/h5-6H,4,11H2,1-3H3. The number of rotatable bonds is 3. The fraction of sp³-hybridized carbons (Fsp3) is 1.00. The molecule has 0 radical (unpaired) electrons. The Balaban J connectivity index is 3.95. The molecule has 0 aromatic rings. The zero-order valence-electron chi connectivity index (χ0n) is 7.52. The molecule has 0 saturated carbocycles. The third-order valence-electron chi connectivity index (χ3n) is 1.90. The summed E-state index contributed by atoms with van der Waals surface area (Å²) in [6.45, 7) is 1.68. The van der Waals surface area contributed by atoms with Crippen molar-refractivity contribution in [2.45, 2.75) is 31.6 Å². The molecule has 0 aliphatic carbocycles. The lowest BCUT2D eigenvalue weighted by Crippen LogP contribution is -2.44. The van der Waals surface area contributed by atoms with Crippen LogP contribution in [0.4, 0.5) is 13.2 Å². The van der Waals surface area contributed by atoms with E-state index in [1.165, 1.54) is 0 Å². The van der Waals surface area contributed by atoms with E-state index in [2.05, 4.69) is 0 Å². The van der Waals surface area contributed by atoms with Crippen LogP contribution in [0.1, 0.15) is 13.3 Å². The third-order valence-corrected chi connectivity index (χ3v) is 1.90. The molecule has 0 aliphatic rings. The summed E-state index contributed by atoms with van der Waals surface area (Å²) in [4.78, 5) is 1.68. The van der Waals surface area contributed by atoms with E-state index < -0.39 is 18.6 Å². The van der Waals surface area contributed by atoms with Crippen molar-refractivity contribution in [3.05, 3.63) is 0 Å². The van der Waals surface area contributed by atoms with E-state index in [1.54, 1.807) is 25.9 Å². The lowest BCUT2D eigenvalue weighted by atomic mass is 10.1. The van der Waals surface area contributed by atoms with Crippen LogP contribution in [-0.2, 0) is 0 Å². The highest BCUT2D eigenvalue weighted by molar-refractivity contribution is 4.77. The molecule has 0 rings (SSSR count). The van der Waals surface area contributed by atoms with Crippen molar-refractivity contribution in [1.29, 1.82) is 0 Å². The van der Waals surface area contributed by atoms with Crippen molar-refractivity contribution >= 4 is 0 Å². The maximum Gasteiger partial charge on any atom is 0.390 e. The van der Waals surface area contributed by atoms with E-state index in [1.807, 2.05) is 0 Å². The Bertz CT molecular complexity index is 133. The van der Waals surface area contributed by atoms with Crippen molar-refractivity contribution in [1.82, 2.24) is 4.90 Å². The summed E-state index contributed by atoms with van der Waals surface area (Å²) in [6.07, 6.45) is -5.09. The molecule has 2 atom stereocenters. The average Bonchev–Trinajstić information content (AvgIpc) is 1.82. The van der Waals surface area contributed by atoms with Gasteiger partial charge in [-0.25, -0.2) is 0 Å². The first-order valence-corrected chi connectivity index (χ1v) is 3.73. The van der Waals surface area contributed by atoms with Gasteiger partial charge in [0, 0.05) is 12.1 Å². The zero-order chi connectivity index (χ0) is 9.94. The van der Waals surface area contributed by atoms with Crippen LogP contribution in [0.15, 0.2) is 0 Å². The average molecular weight is 184 g/mol. The summed E-state index contributed by atoms with van der Waals surface area (Å²) in [6, 6.07) is -1.10. The molecule has 0 aliphatic heterocycles. The first kappa shape index (κ1) is 11.7. The van der Waals surface area contributed by atoms with E-state index >= 15 is 0 Å². The fourth-order valence-electron chi connectivity index (χ4n) is 0.821. The molecule has 0 saturated heterocycles. The number of likely N-dealkylation sites (N-methyl/N-ethyl adjacent to an activating group) is 1. The third kappa shape index (κ3) is 4.56. The van der Waals surface area contributed by atoms with Gasteiger partial charge in [-0.15, -0.1) is 0 Å². The smallest absolute Gasteiger partial charge is 0.326 e. The van der Waals surface area contributed by atoms with Crippen molar-refractivity contribution in [2.24, 2.45) is 5.73 Å². The summed E-state index contributed by atoms with van der Waals surface area (Å²) in [7, 11) is 3.42. The number of alkyl halides is 3. The molecule has 0 aromatic heterocycles. The molecular weight excluding hydrogens is 169 g/mol. The molecular formula is C7H15F3N2. The van der Waals surface area contributed by atoms with Crippen LogP contribution in [0.5, 0.6) is 0 Å². The monoisotopic (exact) mass is 184 g/mol. The van der Waals surface area contributed by atoms with Gasteiger partial charge in [-0.1, -0.05) is 0 Å². The van der Waals surface area contributed by atoms with Crippen molar-refractivity contribution in [3.8, 4) is 0 Å². The van der Waals surface area contributed by atoms with Crippen molar-refractivity contribution in [3.63, 3.8) is 0 Å². The number of hydrogen-bond donors (Lipinski definition) is 1. The quantitative estimate of drug-likeness (QED) is 0.714. The van der Waals surface area contributed by atoms with Crippen molar-refractivity contribution < 1.29 is 13.2 Å². The molecule has 12 heavy (non-hydrogen) atoms. The molecule has 0 fully saturated rings. The Kier molecular flexibility index (Phi) is 3.99. The predicted octanol–water partition coefficient (Wildman–Crippen LogP) is 1.22. The van der Waals surface area contributed by atoms with Crippen LogP contribution in [0.2, 0.25) is 0 Å². The fourth-order valence-corrected chi connectivity index (χ4v) is 0.821. The number of halogens is 3. The van der Waals surface area contributed by atoms with Gasteiger partial charge in [-0.3, -0.25) is 0 Å². The van der Waals surface area contributed by atoms with Crippen LogP contribution in [-0.4, -0.2) is 37.3 Å². The van der Waals surface area contributed by atoms with E-state index in [0.717, 1.165) is 0 Å². The minimum Gasteiger partial charge on any atom is -0.326 e. The van der Waals surface area contributed by atoms with Crippen LogP contribution in [0.25, 0.3) is 0 Å². The van der Waals surface area contributed by atoms with Crippen LogP contribution in [0, 0.1) is 0 Å². The Morgan fingerprint density at radius 1 is 1.33 bits per heavy atom. The van der Waals surface area contributed by atoms with Gasteiger partial charge in [-0.2, -0.15) is 13.2 Å². The Morgan fingerprint density at radius 3 is 2.00 bits per heavy atom. The Morgan fingerprint density at radius 2 is 1.75 bits per heavy atom. The summed E-state index contributed by atoms with van der Waals surface area (Å²) in [5.74, 6) is 0. The molecule has 0 amide bonds. The van der Waals surface area contributed by atoms with E-state index in [0.29, 0.717) is 0 Å². The maximum atomic E-state index is 11.8.